The maximum Gasteiger partial charge on any atom is 0.255 e. The van der Waals surface area contributed by atoms with Crippen molar-refractivity contribution in [2.24, 2.45) is 0 Å². The topological polar surface area (TPSA) is 68.5 Å². The standard InChI is InChI=1S/C24H19NO4/c1-15-3-5-17(6-4-15)24(27)25-18-9-12-22-20(13-18)21(26)14-23(29-22)16-7-10-19(28-2)11-8-16/h3-14H,1-2H3,(H,25,27). The summed E-state index contributed by atoms with van der Waals surface area (Å²) in [6.45, 7) is 1.96. The molecule has 0 unspecified atom stereocenters. The number of aryl methyl sites for hydroxylation is 1. The van der Waals surface area contributed by atoms with Crippen molar-refractivity contribution in [1.82, 2.24) is 0 Å². The lowest BCUT2D eigenvalue weighted by Crippen LogP contribution is -2.12. The van der Waals surface area contributed by atoms with E-state index < -0.39 is 0 Å². The number of carbonyl (C=O) groups excluding carboxylic acids is 1. The van der Waals surface area contributed by atoms with Gasteiger partial charge in [0.2, 0.25) is 0 Å². The average molecular weight is 385 g/mol. The number of ether oxygens (including phenoxy) is 1. The molecule has 3 aromatic carbocycles. The lowest BCUT2D eigenvalue weighted by Gasteiger charge is -2.08. The fourth-order valence-electron chi connectivity index (χ4n) is 3.04. The number of anilines is 1. The van der Waals surface area contributed by atoms with Crippen molar-refractivity contribution >= 4 is 22.6 Å². The van der Waals surface area contributed by atoms with Gasteiger partial charge in [0.05, 0.1) is 12.5 Å². The number of methoxy groups -OCH3 is 1. The monoisotopic (exact) mass is 385 g/mol. The van der Waals surface area contributed by atoms with Gasteiger partial charge >= 0.3 is 0 Å². The number of rotatable bonds is 4. The van der Waals surface area contributed by atoms with E-state index in [0.717, 1.165) is 16.9 Å². The summed E-state index contributed by atoms with van der Waals surface area (Å²) >= 11 is 0. The molecule has 5 heteroatoms. The fourth-order valence-corrected chi connectivity index (χ4v) is 3.04. The van der Waals surface area contributed by atoms with Crippen LogP contribution < -0.4 is 15.5 Å². The number of benzene rings is 3. The molecule has 1 N–H and O–H groups in total. The minimum atomic E-state index is -0.233. The Morgan fingerprint density at radius 2 is 1.66 bits per heavy atom. The van der Waals surface area contributed by atoms with Gasteiger partial charge in [-0.25, -0.2) is 0 Å². The maximum atomic E-state index is 12.6. The Kier molecular flexibility index (Phi) is 4.87. The molecule has 0 aliphatic rings. The normalized spacial score (nSPS) is 10.7. The summed E-state index contributed by atoms with van der Waals surface area (Å²) in [5, 5.41) is 3.23. The third-order valence-electron chi connectivity index (χ3n) is 4.67. The molecule has 0 atom stereocenters. The quantitative estimate of drug-likeness (QED) is 0.535. The first kappa shape index (κ1) is 18.5. The summed E-state index contributed by atoms with van der Waals surface area (Å²) in [5.41, 5.74) is 3.23. The highest BCUT2D eigenvalue weighted by Gasteiger charge is 2.10. The van der Waals surface area contributed by atoms with Crippen LogP contribution in [0, 0.1) is 6.92 Å². The van der Waals surface area contributed by atoms with Crippen LogP contribution in [-0.2, 0) is 0 Å². The van der Waals surface area contributed by atoms with E-state index in [2.05, 4.69) is 5.32 Å². The molecule has 0 bridgehead atoms. The molecule has 0 fully saturated rings. The van der Waals surface area contributed by atoms with Crippen molar-refractivity contribution in [3.8, 4) is 17.1 Å². The molecule has 0 spiro atoms. The van der Waals surface area contributed by atoms with E-state index in [9.17, 15) is 9.59 Å². The van der Waals surface area contributed by atoms with E-state index >= 15 is 0 Å². The van der Waals surface area contributed by atoms with E-state index in [0.29, 0.717) is 28.0 Å². The van der Waals surface area contributed by atoms with Crippen molar-refractivity contribution in [3.63, 3.8) is 0 Å². The van der Waals surface area contributed by atoms with Gasteiger partial charge in [-0.05, 0) is 61.5 Å². The van der Waals surface area contributed by atoms with Gasteiger partial charge in [-0.15, -0.1) is 0 Å². The van der Waals surface area contributed by atoms with E-state index in [1.807, 2.05) is 43.3 Å². The van der Waals surface area contributed by atoms with Crippen molar-refractivity contribution in [2.75, 3.05) is 12.4 Å². The average Bonchev–Trinajstić information content (AvgIpc) is 2.74. The summed E-state index contributed by atoms with van der Waals surface area (Å²) in [6, 6.07) is 21.1. The van der Waals surface area contributed by atoms with E-state index in [-0.39, 0.29) is 11.3 Å². The maximum absolute atomic E-state index is 12.6. The molecular weight excluding hydrogens is 366 g/mol. The summed E-state index contributed by atoms with van der Waals surface area (Å²) in [4.78, 5) is 25.1. The van der Waals surface area contributed by atoms with Crippen LogP contribution >= 0.6 is 0 Å². The summed E-state index contributed by atoms with van der Waals surface area (Å²) in [7, 11) is 1.60. The van der Waals surface area contributed by atoms with Crippen LogP contribution in [0.15, 0.2) is 82.0 Å². The second kappa shape index (κ2) is 7.64. The molecule has 5 nitrogen and oxygen atoms in total. The molecule has 29 heavy (non-hydrogen) atoms. The van der Waals surface area contributed by atoms with Crippen LogP contribution in [0.3, 0.4) is 0 Å². The second-order valence-corrected chi connectivity index (χ2v) is 6.73. The molecule has 0 aliphatic carbocycles. The molecule has 4 aromatic rings. The Morgan fingerprint density at radius 1 is 0.931 bits per heavy atom. The van der Waals surface area contributed by atoms with Crippen LogP contribution in [-0.4, -0.2) is 13.0 Å². The highest BCUT2D eigenvalue weighted by atomic mass is 16.5. The van der Waals surface area contributed by atoms with Gasteiger partial charge in [-0.1, -0.05) is 17.7 Å². The third kappa shape index (κ3) is 3.89. The molecule has 0 aliphatic heterocycles. The smallest absolute Gasteiger partial charge is 0.255 e. The fraction of sp³-hybridized carbons (Fsp3) is 0.0833. The van der Waals surface area contributed by atoms with Crippen LogP contribution in [0.2, 0.25) is 0 Å². The van der Waals surface area contributed by atoms with Crippen molar-refractivity contribution in [1.29, 1.82) is 0 Å². The molecule has 4 rings (SSSR count). The number of fused-ring (bicyclic) bond motifs is 1. The van der Waals surface area contributed by atoms with Gasteiger partial charge in [0, 0.05) is 22.9 Å². The Labute approximate surface area is 167 Å². The highest BCUT2D eigenvalue weighted by molar-refractivity contribution is 6.05. The van der Waals surface area contributed by atoms with Gasteiger partial charge in [0.25, 0.3) is 5.91 Å². The van der Waals surface area contributed by atoms with Gasteiger partial charge < -0.3 is 14.5 Å². The van der Waals surface area contributed by atoms with Crippen molar-refractivity contribution < 1.29 is 13.9 Å². The largest absolute Gasteiger partial charge is 0.497 e. The first-order chi connectivity index (χ1) is 14.0. The minimum absolute atomic E-state index is 0.177. The van der Waals surface area contributed by atoms with Crippen molar-refractivity contribution in [3.05, 3.63) is 94.1 Å². The van der Waals surface area contributed by atoms with Gasteiger partial charge in [-0.3, -0.25) is 9.59 Å². The Balaban J connectivity index is 1.64. The molecular formula is C24H19NO4. The summed E-state index contributed by atoms with van der Waals surface area (Å²) in [6.07, 6.45) is 0. The van der Waals surface area contributed by atoms with Crippen LogP contribution in [0.25, 0.3) is 22.3 Å². The molecule has 144 valence electrons. The zero-order valence-electron chi connectivity index (χ0n) is 16.1. The SMILES string of the molecule is COc1ccc(-c2cc(=O)c3cc(NC(=O)c4ccc(C)cc4)ccc3o2)cc1. The van der Waals surface area contributed by atoms with Gasteiger partial charge in [-0.2, -0.15) is 0 Å². The number of nitrogens with one attached hydrogen (secondary N) is 1. The molecule has 0 saturated carbocycles. The molecule has 1 aromatic heterocycles. The molecule has 1 amide bonds. The lowest BCUT2D eigenvalue weighted by molar-refractivity contribution is 0.102. The minimum Gasteiger partial charge on any atom is -0.497 e. The first-order valence-corrected chi connectivity index (χ1v) is 9.14. The number of hydrogen-bond acceptors (Lipinski definition) is 4. The zero-order valence-corrected chi connectivity index (χ0v) is 16.1. The van der Waals surface area contributed by atoms with Crippen LogP contribution in [0.1, 0.15) is 15.9 Å². The number of carbonyl (C=O) groups is 1. The van der Waals surface area contributed by atoms with Gasteiger partial charge in [0.15, 0.2) is 5.43 Å². The molecule has 1 heterocycles. The lowest BCUT2D eigenvalue weighted by atomic mass is 10.1. The Bertz CT molecular complexity index is 1240. The predicted molar refractivity (Wildman–Crippen MR) is 114 cm³/mol. The van der Waals surface area contributed by atoms with Crippen LogP contribution in [0.4, 0.5) is 5.69 Å². The molecule has 0 radical (unpaired) electrons. The highest BCUT2D eigenvalue weighted by Crippen LogP contribution is 2.25. The summed E-state index contributed by atoms with van der Waals surface area (Å²) in [5.74, 6) is 0.969. The second-order valence-electron chi connectivity index (χ2n) is 6.73. The molecule has 0 saturated heterocycles. The third-order valence-corrected chi connectivity index (χ3v) is 4.67. The van der Waals surface area contributed by atoms with Gasteiger partial charge in [0.1, 0.15) is 17.1 Å². The number of hydrogen-bond donors (Lipinski definition) is 1. The predicted octanol–water partition coefficient (Wildman–Crippen LogP) is 5.03. The zero-order chi connectivity index (χ0) is 20.4. The Hall–Kier alpha value is -3.86. The number of amides is 1. The van der Waals surface area contributed by atoms with Crippen LogP contribution in [0.5, 0.6) is 5.75 Å². The van der Waals surface area contributed by atoms with E-state index in [4.69, 9.17) is 9.15 Å². The Morgan fingerprint density at radius 3 is 2.34 bits per heavy atom. The van der Waals surface area contributed by atoms with E-state index in [1.54, 1.807) is 37.4 Å². The first-order valence-electron chi connectivity index (χ1n) is 9.14. The van der Waals surface area contributed by atoms with Crippen molar-refractivity contribution in [2.45, 2.75) is 6.92 Å². The summed E-state index contributed by atoms with van der Waals surface area (Å²) < 4.78 is 11.1. The van der Waals surface area contributed by atoms with E-state index in [1.165, 1.54) is 6.07 Å².